The highest BCUT2D eigenvalue weighted by molar-refractivity contribution is 5.74. The van der Waals surface area contributed by atoms with E-state index in [2.05, 4.69) is 20.8 Å². The number of hydrogen-bond acceptors (Lipinski definition) is 1. The van der Waals surface area contributed by atoms with Gasteiger partial charge in [-0.05, 0) is 44.1 Å². The maximum absolute atomic E-state index is 11.4. The Bertz CT molecular complexity index is 290. The van der Waals surface area contributed by atoms with Gasteiger partial charge in [-0.1, -0.05) is 90.6 Å². The Labute approximate surface area is 146 Å². The highest BCUT2D eigenvalue weighted by Crippen LogP contribution is 2.23. The van der Waals surface area contributed by atoms with Crippen molar-refractivity contribution in [3.8, 4) is 0 Å². The van der Waals surface area contributed by atoms with Crippen LogP contribution >= 0.6 is 0 Å². The fraction of sp³-hybridized carbons (Fsp3) is 0.864. The van der Waals surface area contributed by atoms with Crippen molar-refractivity contribution in [2.45, 2.75) is 124 Å². The van der Waals surface area contributed by atoms with Gasteiger partial charge in [-0.2, -0.15) is 0 Å². The largest absolute Gasteiger partial charge is 0.298 e. The first-order valence-corrected chi connectivity index (χ1v) is 10.5. The predicted molar refractivity (Wildman–Crippen MR) is 104 cm³/mol. The van der Waals surface area contributed by atoms with Crippen LogP contribution in [0.4, 0.5) is 0 Å². The van der Waals surface area contributed by atoms with Crippen LogP contribution in [0.3, 0.4) is 0 Å². The van der Waals surface area contributed by atoms with Crippen molar-refractivity contribution in [1.82, 2.24) is 0 Å². The first-order chi connectivity index (χ1) is 11.3. The molecule has 0 aliphatic heterocycles. The van der Waals surface area contributed by atoms with Crippen LogP contribution in [0.15, 0.2) is 11.1 Å². The van der Waals surface area contributed by atoms with E-state index in [0.717, 1.165) is 37.5 Å². The van der Waals surface area contributed by atoms with Crippen molar-refractivity contribution in [3.63, 3.8) is 0 Å². The van der Waals surface area contributed by atoms with Gasteiger partial charge in [0.05, 0.1) is 0 Å². The van der Waals surface area contributed by atoms with E-state index >= 15 is 0 Å². The second kappa shape index (κ2) is 17.8. The summed E-state index contributed by atoms with van der Waals surface area (Å²) in [5, 5.41) is 0. The summed E-state index contributed by atoms with van der Waals surface area (Å²) in [5.74, 6) is 0. The third kappa shape index (κ3) is 13.5. The van der Waals surface area contributed by atoms with Crippen molar-refractivity contribution in [2.75, 3.05) is 0 Å². The summed E-state index contributed by atoms with van der Waals surface area (Å²) in [7, 11) is 0. The molecule has 0 atom stereocenters. The van der Waals surface area contributed by atoms with Crippen LogP contribution in [0.2, 0.25) is 0 Å². The molecule has 0 aromatic rings. The first-order valence-electron chi connectivity index (χ1n) is 10.5. The number of rotatable bonds is 17. The molecule has 0 saturated carbocycles. The minimum Gasteiger partial charge on any atom is -0.298 e. The Balaban J connectivity index is 4.00. The molecular weight excluding hydrogens is 280 g/mol. The maximum Gasteiger partial charge on any atom is 0.145 e. The van der Waals surface area contributed by atoms with Crippen LogP contribution in [0.5, 0.6) is 0 Å². The molecule has 0 spiro atoms. The van der Waals surface area contributed by atoms with Crippen molar-refractivity contribution in [1.29, 1.82) is 0 Å². The molecule has 0 bridgehead atoms. The predicted octanol–water partition coefficient (Wildman–Crippen LogP) is 7.78. The van der Waals surface area contributed by atoms with Crippen molar-refractivity contribution < 1.29 is 4.79 Å². The molecule has 0 aliphatic carbocycles. The quantitative estimate of drug-likeness (QED) is 0.152. The fourth-order valence-electron chi connectivity index (χ4n) is 3.17. The van der Waals surface area contributed by atoms with E-state index in [1.165, 1.54) is 82.6 Å². The molecule has 1 nitrogen and oxygen atoms in total. The van der Waals surface area contributed by atoms with Crippen LogP contribution in [-0.4, -0.2) is 6.29 Å². The summed E-state index contributed by atoms with van der Waals surface area (Å²) < 4.78 is 0. The van der Waals surface area contributed by atoms with Crippen LogP contribution in [0, 0.1) is 0 Å². The molecule has 23 heavy (non-hydrogen) atoms. The Morgan fingerprint density at radius 3 is 1.52 bits per heavy atom. The SMILES string of the molecule is CCCCCCCCCCC/C(CCCC)=C(/C=O)CCCC. The van der Waals surface area contributed by atoms with Gasteiger partial charge < -0.3 is 0 Å². The van der Waals surface area contributed by atoms with Gasteiger partial charge in [-0.25, -0.2) is 0 Å². The third-order valence-electron chi connectivity index (χ3n) is 4.81. The average molecular weight is 323 g/mol. The molecule has 136 valence electrons. The lowest BCUT2D eigenvalue weighted by molar-refractivity contribution is -0.105. The zero-order chi connectivity index (χ0) is 17.2. The Morgan fingerprint density at radius 1 is 0.565 bits per heavy atom. The summed E-state index contributed by atoms with van der Waals surface area (Å²) >= 11 is 0. The van der Waals surface area contributed by atoms with Crippen LogP contribution in [0.1, 0.15) is 124 Å². The molecule has 0 radical (unpaired) electrons. The lowest BCUT2D eigenvalue weighted by Gasteiger charge is -2.11. The van der Waals surface area contributed by atoms with E-state index in [-0.39, 0.29) is 0 Å². The summed E-state index contributed by atoms with van der Waals surface area (Å²) in [4.78, 5) is 11.4. The van der Waals surface area contributed by atoms with Crippen LogP contribution in [-0.2, 0) is 4.79 Å². The molecule has 0 N–H and O–H groups in total. The van der Waals surface area contributed by atoms with E-state index < -0.39 is 0 Å². The highest BCUT2D eigenvalue weighted by Gasteiger charge is 2.06. The molecule has 0 rings (SSSR count). The topological polar surface area (TPSA) is 17.1 Å². The van der Waals surface area contributed by atoms with E-state index in [0.29, 0.717) is 0 Å². The maximum atomic E-state index is 11.4. The van der Waals surface area contributed by atoms with Gasteiger partial charge in [0.2, 0.25) is 0 Å². The van der Waals surface area contributed by atoms with E-state index in [1.807, 2.05) is 0 Å². The highest BCUT2D eigenvalue weighted by atomic mass is 16.1. The summed E-state index contributed by atoms with van der Waals surface area (Å²) in [6, 6.07) is 0. The Morgan fingerprint density at radius 2 is 1.00 bits per heavy atom. The smallest absolute Gasteiger partial charge is 0.145 e. The van der Waals surface area contributed by atoms with E-state index in [9.17, 15) is 4.79 Å². The standard InChI is InChI=1S/C22H42O/c1-4-7-10-11-12-13-14-15-16-19-21(17-8-5-2)22(20-23)18-9-6-3/h20H,4-19H2,1-3H3/b22-21+. The van der Waals surface area contributed by atoms with E-state index in [1.54, 1.807) is 0 Å². The molecule has 0 fully saturated rings. The van der Waals surface area contributed by atoms with Gasteiger partial charge in [0, 0.05) is 0 Å². The van der Waals surface area contributed by atoms with Gasteiger partial charge in [-0.3, -0.25) is 4.79 Å². The molecule has 0 aromatic carbocycles. The Hall–Kier alpha value is -0.590. The van der Waals surface area contributed by atoms with Gasteiger partial charge >= 0.3 is 0 Å². The van der Waals surface area contributed by atoms with Gasteiger partial charge in [0.15, 0.2) is 0 Å². The minimum atomic E-state index is 0.997. The molecular formula is C22H42O. The second-order valence-corrected chi connectivity index (χ2v) is 7.03. The summed E-state index contributed by atoms with van der Waals surface area (Å²) in [6.07, 6.45) is 21.6. The molecule has 0 saturated heterocycles. The van der Waals surface area contributed by atoms with Gasteiger partial charge in [0.1, 0.15) is 6.29 Å². The van der Waals surface area contributed by atoms with Crippen LogP contribution in [0.25, 0.3) is 0 Å². The summed E-state index contributed by atoms with van der Waals surface area (Å²) in [6.45, 7) is 6.72. The molecule has 0 heterocycles. The first kappa shape index (κ1) is 22.4. The van der Waals surface area contributed by atoms with Gasteiger partial charge in [-0.15, -0.1) is 0 Å². The Kier molecular flexibility index (Phi) is 17.3. The fourth-order valence-corrected chi connectivity index (χ4v) is 3.17. The van der Waals surface area contributed by atoms with Crippen LogP contribution < -0.4 is 0 Å². The third-order valence-corrected chi connectivity index (χ3v) is 4.81. The molecule has 0 unspecified atom stereocenters. The molecule has 0 amide bonds. The van der Waals surface area contributed by atoms with Crippen molar-refractivity contribution >= 4 is 6.29 Å². The van der Waals surface area contributed by atoms with Gasteiger partial charge in [0.25, 0.3) is 0 Å². The number of carbonyl (C=O) groups is 1. The lowest BCUT2D eigenvalue weighted by Crippen LogP contribution is -1.96. The molecule has 0 aliphatic rings. The minimum absolute atomic E-state index is 0.997. The second-order valence-electron chi connectivity index (χ2n) is 7.03. The number of hydrogen-bond donors (Lipinski definition) is 0. The zero-order valence-electron chi connectivity index (χ0n) is 16.3. The number of carbonyl (C=O) groups excluding carboxylic acids is 1. The molecule has 0 aromatic heterocycles. The summed E-state index contributed by atoms with van der Waals surface area (Å²) in [5.41, 5.74) is 2.60. The van der Waals surface area contributed by atoms with E-state index in [4.69, 9.17) is 0 Å². The number of unbranched alkanes of at least 4 members (excludes halogenated alkanes) is 10. The molecule has 1 heteroatoms. The number of allylic oxidation sites excluding steroid dienone is 2. The average Bonchev–Trinajstić information content (AvgIpc) is 2.57. The number of aldehydes is 1. The monoisotopic (exact) mass is 322 g/mol. The lowest BCUT2D eigenvalue weighted by atomic mass is 9.94. The van der Waals surface area contributed by atoms with Crippen molar-refractivity contribution in [3.05, 3.63) is 11.1 Å². The zero-order valence-corrected chi connectivity index (χ0v) is 16.3. The normalized spacial score (nSPS) is 12.3. The van der Waals surface area contributed by atoms with Crippen molar-refractivity contribution in [2.24, 2.45) is 0 Å².